The van der Waals surface area contributed by atoms with Gasteiger partial charge >= 0.3 is 6.18 Å². The Kier molecular flexibility index (Phi) is 6.21. The number of halogens is 4. The van der Waals surface area contributed by atoms with Crippen molar-refractivity contribution in [2.75, 3.05) is 6.61 Å². The SMILES string of the molecule is C[C@@H](NC(=O)COc1cc(C(F)(F)F)nn1-c1ccccc1Cl)c1cccc(O)c1. The number of phenolic OH excluding ortho intramolecular Hbond substituents is 1. The maximum atomic E-state index is 13.1. The van der Waals surface area contributed by atoms with E-state index in [9.17, 15) is 23.1 Å². The van der Waals surface area contributed by atoms with Crippen molar-refractivity contribution in [3.63, 3.8) is 0 Å². The first-order chi connectivity index (χ1) is 14.1. The zero-order valence-electron chi connectivity index (χ0n) is 15.7. The van der Waals surface area contributed by atoms with Gasteiger partial charge in [0.1, 0.15) is 5.75 Å². The van der Waals surface area contributed by atoms with Gasteiger partial charge in [0.2, 0.25) is 5.88 Å². The van der Waals surface area contributed by atoms with Gasteiger partial charge in [0.05, 0.1) is 16.8 Å². The molecule has 1 atom stereocenters. The van der Waals surface area contributed by atoms with Crippen LogP contribution >= 0.6 is 11.6 Å². The Morgan fingerprint density at radius 1 is 1.23 bits per heavy atom. The average molecular weight is 440 g/mol. The van der Waals surface area contributed by atoms with Gasteiger partial charge in [-0.1, -0.05) is 35.9 Å². The van der Waals surface area contributed by atoms with E-state index in [1.165, 1.54) is 24.3 Å². The second-order valence-corrected chi connectivity index (χ2v) is 6.81. The van der Waals surface area contributed by atoms with Gasteiger partial charge in [-0.15, -0.1) is 0 Å². The summed E-state index contributed by atoms with van der Waals surface area (Å²) < 4.78 is 45.6. The van der Waals surface area contributed by atoms with Crippen LogP contribution in [-0.2, 0) is 11.0 Å². The molecule has 2 N–H and O–H groups in total. The number of nitrogens with zero attached hydrogens (tertiary/aromatic N) is 2. The van der Waals surface area contributed by atoms with Crippen molar-refractivity contribution in [2.45, 2.75) is 19.1 Å². The molecule has 30 heavy (non-hydrogen) atoms. The lowest BCUT2D eigenvalue weighted by atomic mass is 10.1. The smallest absolute Gasteiger partial charge is 0.435 e. The number of rotatable bonds is 6. The predicted octanol–water partition coefficient (Wildman–Crippen LogP) is 4.51. The molecule has 3 rings (SSSR count). The van der Waals surface area contributed by atoms with Crippen LogP contribution in [0.25, 0.3) is 5.69 Å². The van der Waals surface area contributed by atoms with E-state index in [4.69, 9.17) is 16.3 Å². The van der Waals surface area contributed by atoms with Crippen LogP contribution in [0.2, 0.25) is 5.02 Å². The van der Waals surface area contributed by atoms with Crippen molar-refractivity contribution >= 4 is 17.5 Å². The van der Waals surface area contributed by atoms with E-state index in [-0.39, 0.29) is 22.3 Å². The molecule has 0 aliphatic heterocycles. The largest absolute Gasteiger partial charge is 0.508 e. The Hall–Kier alpha value is -3.20. The molecule has 6 nitrogen and oxygen atoms in total. The zero-order valence-corrected chi connectivity index (χ0v) is 16.4. The van der Waals surface area contributed by atoms with Gasteiger partial charge in [-0.3, -0.25) is 4.79 Å². The van der Waals surface area contributed by atoms with Gasteiger partial charge in [0.25, 0.3) is 5.91 Å². The van der Waals surface area contributed by atoms with Crippen LogP contribution in [0.4, 0.5) is 13.2 Å². The minimum absolute atomic E-state index is 0.0492. The first-order valence-electron chi connectivity index (χ1n) is 8.78. The molecule has 2 aromatic carbocycles. The van der Waals surface area contributed by atoms with Gasteiger partial charge in [-0.05, 0) is 36.8 Å². The third-order valence-electron chi connectivity index (χ3n) is 4.15. The molecule has 158 valence electrons. The van der Waals surface area contributed by atoms with Crippen LogP contribution < -0.4 is 10.1 Å². The maximum Gasteiger partial charge on any atom is 0.435 e. The number of hydrogen-bond acceptors (Lipinski definition) is 4. The number of carbonyl (C=O) groups excluding carboxylic acids is 1. The maximum absolute atomic E-state index is 13.1. The first kappa shape index (κ1) is 21.5. The summed E-state index contributed by atoms with van der Waals surface area (Å²) in [7, 11) is 0. The Balaban J connectivity index is 1.76. The summed E-state index contributed by atoms with van der Waals surface area (Å²) >= 11 is 6.07. The molecule has 1 aromatic heterocycles. The molecule has 0 aliphatic rings. The second kappa shape index (κ2) is 8.66. The molecule has 3 aromatic rings. The Morgan fingerprint density at radius 3 is 2.63 bits per heavy atom. The van der Waals surface area contributed by atoms with Crippen molar-refractivity contribution in [1.82, 2.24) is 15.1 Å². The van der Waals surface area contributed by atoms with Gasteiger partial charge in [-0.25, -0.2) is 0 Å². The molecule has 1 amide bonds. The van der Waals surface area contributed by atoms with Crippen molar-refractivity contribution < 1.29 is 27.8 Å². The molecule has 0 radical (unpaired) electrons. The molecule has 0 aliphatic carbocycles. The number of carbonyl (C=O) groups is 1. The van der Waals surface area contributed by atoms with E-state index in [2.05, 4.69) is 10.4 Å². The highest BCUT2D eigenvalue weighted by Gasteiger charge is 2.36. The highest BCUT2D eigenvalue weighted by Crippen LogP contribution is 2.33. The Bertz CT molecular complexity index is 1050. The first-order valence-corrected chi connectivity index (χ1v) is 9.16. The number of phenols is 1. The lowest BCUT2D eigenvalue weighted by Gasteiger charge is -2.15. The minimum Gasteiger partial charge on any atom is -0.508 e. The van der Waals surface area contributed by atoms with Crippen molar-refractivity contribution in [2.24, 2.45) is 0 Å². The normalized spacial score (nSPS) is 12.4. The van der Waals surface area contributed by atoms with Crippen LogP contribution in [0.15, 0.2) is 54.6 Å². The average Bonchev–Trinajstić information content (AvgIpc) is 3.11. The summed E-state index contributed by atoms with van der Waals surface area (Å²) in [6, 6.07) is 12.8. The predicted molar refractivity (Wildman–Crippen MR) is 104 cm³/mol. The topological polar surface area (TPSA) is 76.4 Å². The fourth-order valence-electron chi connectivity index (χ4n) is 2.70. The van der Waals surface area contributed by atoms with E-state index in [1.807, 2.05) is 0 Å². The number of aromatic hydroxyl groups is 1. The highest BCUT2D eigenvalue weighted by molar-refractivity contribution is 6.32. The summed E-state index contributed by atoms with van der Waals surface area (Å²) in [5, 5.41) is 15.9. The van der Waals surface area contributed by atoms with Gasteiger partial charge in [0.15, 0.2) is 12.3 Å². The number of amides is 1. The quantitative estimate of drug-likeness (QED) is 0.592. The molecule has 0 bridgehead atoms. The Labute approximate surface area is 174 Å². The van der Waals surface area contributed by atoms with Crippen molar-refractivity contribution in [1.29, 1.82) is 0 Å². The third-order valence-corrected chi connectivity index (χ3v) is 4.47. The number of aromatic nitrogens is 2. The van der Waals surface area contributed by atoms with Crippen LogP contribution in [0.1, 0.15) is 24.2 Å². The molecule has 0 saturated carbocycles. The molecule has 0 saturated heterocycles. The number of para-hydroxylation sites is 1. The summed E-state index contributed by atoms with van der Waals surface area (Å²) in [6.07, 6.45) is -4.70. The van der Waals surface area contributed by atoms with E-state index in [0.29, 0.717) is 11.6 Å². The van der Waals surface area contributed by atoms with E-state index in [1.54, 1.807) is 31.2 Å². The van der Waals surface area contributed by atoms with E-state index < -0.39 is 30.4 Å². The minimum atomic E-state index is -4.70. The number of nitrogens with one attached hydrogen (secondary N) is 1. The van der Waals surface area contributed by atoms with Crippen molar-refractivity contribution in [3.05, 3.63) is 70.9 Å². The summed E-state index contributed by atoms with van der Waals surface area (Å²) in [5.41, 5.74) is -0.340. The molecular formula is C20H17ClF3N3O3. The van der Waals surface area contributed by atoms with Gasteiger partial charge in [-0.2, -0.15) is 23.0 Å². The zero-order chi connectivity index (χ0) is 21.9. The summed E-state index contributed by atoms with van der Waals surface area (Å²) in [6.45, 7) is 1.15. The highest BCUT2D eigenvalue weighted by atomic mass is 35.5. The van der Waals surface area contributed by atoms with Crippen LogP contribution in [-0.4, -0.2) is 27.4 Å². The lowest BCUT2D eigenvalue weighted by molar-refractivity contribution is -0.141. The summed E-state index contributed by atoms with van der Waals surface area (Å²) in [4.78, 5) is 12.2. The molecule has 1 heterocycles. The second-order valence-electron chi connectivity index (χ2n) is 6.40. The lowest BCUT2D eigenvalue weighted by Crippen LogP contribution is -2.31. The van der Waals surface area contributed by atoms with Crippen LogP contribution in [0, 0.1) is 0 Å². The molecule has 10 heteroatoms. The number of benzene rings is 2. The number of alkyl halides is 3. The van der Waals surface area contributed by atoms with Crippen LogP contribution in [0.5, 0.6) is 11.6 Å². The van der Waals surface area contributed by atoms with Crippen molar-refractivity contribution in [3.8, 4) is 17.3 Å². The third kappa shape index (κ3) is 5.04. The fraction of sp³-hybridized carbons (Fsp3) is 0.200. The molecule has 0 spiro atoms. The molecular weight excluding hydrogens is 423 g/mol. The Morgan fingerprint density at radius 2 is 1.97 bits per heavy atom. The standard InChI is InChI=1S/C20H17ClF3N3O3/c1-12(13-5-4-6-14(28)9-13)25-18(29)11-30-19-10-17(20(22,23)24)26-27(19)16-8-3-2-7-15(16)21/h2-10,12,28H,11H2,1H3,(H,25,29)/t12-/m1/s1. The van der Waals surface area contributed by atoms with Gasteiger partial charge < -0.3 is 15.2 Å². The number of hydrogen-bond donors (Lipinski definition) is 2. The van der Waals surface area contributed by atoms with Gasteiger partial charge in [0, 0.05) is 6.07 Å². The van der Waals surface area contributed by atoms with E-state index in [0.717, 1.165) is 4.68 Å². The van der Waals surface area contributed by atoms with Crippen LogP contribution in [0.3, 0.4) is 0 Å². The fourth-order valence-corrected chi connectivity index (χ4v) is 2.92. The molecule has 0 unspecified atom stereocenters. The summed E-state index contributed by atoms with van der Waals surface area (Å²) in [5.74, 6) is -0.796. The number of ether oxygens (including phenoxy) is 1. The monoisotopic (exact) mass is 439 g/mol. The van der Waals surface area contributed by atoms with E-state index >= 15 is 0 Å². The molecule has 0 fully saturated rings.